The summed E-state index contributed by atoms with van der Waals surface area (Å²) in [7, 11) is 0. The number of aliphatic hydroxyl groups excluding tert-OH is 1. The van der Waals surface area contributed by atoms with Crippen molar-refractivity contribution < 1.29 is 28.2 Å². The van der Waals surface area contributed by atoms with E-state index in [1.807, 2.05) is 12.1 Å². The van der Waals surface area contributed by atoms with E-state index in [2.05, 4.69) is 0 Å². The van der Waals surface area contributed by atoms with Gasteiger partial charge in [-0.15, -0.1) is 11.6 Å². The van der Waals surface area contributed by atoms with Gasteiger partial charge in [-0.1, -0.05) is 0 Å². The minimum atomic E-state index is -0.00694. The zero-order valence-corrected chi connectivity index (χ0v) is 13.5. The monoisotopic (exact) mass is 344 g/mol. The van der Waals surface area contributed by atoms with E-state index < -0.39 is 0 Å². The number of furan rings is 2. The van der Waals surface area contributed by atoms with Gasteiger partial charge >= 0.3 is 0 Å². The van der Waals surface area contributed by atoms with Crippen LogP contribution < -0.4 is 0 Å². The number of hydrogen-bond donors (Lipinski definition) is 1. The van der Waals surface area contributed by atoms with Crippen LogP contribution in [-0.2, 0) is 27.4 Å². The fourth-order valence-electron chi connectivity index (χ4n) is 1.41. The van der Waals surface area contributed by atoms with Gasteiger partial charge in [-0.3, -0.25) is 0 Å². The quantitative estimate of drug-likeness (QED) is 0.641. The molecule has 0 radical (unpaired) electrons. The van der Waals surface area contributed by atoms with E-state index in [9.17, 15) is 0 Å². The Morgan fingerprint density at radius 3 is 2.00 bits per heavy atom. The molecule has 2 aliphatic heterocycles. The van der Waals surface area contributed by atoms with Crippen LogP contribution >= 0.6 is 11.6 Å². The van der Waals surface area contributed by atoms with Gasteiger partial charge in [-0.25, -0.2) is 0 Å². The van der Waals surface area contributed by atoms with Gasteiger partial charge in [0.2, 0.25) is 0 Å². The maximum atomic E-state index is 8.33. The number of hydrogen-bond acceptors (Lipinski definition) is 6. The third kappa shape index (κ3) is 8.78. The second kappa shape index (κ2) is 10.5. The van der Waals surface area contributed by atoms with Crippen LogP contribution in [0.2, 0.25) is 0 Å². The highest BCUT2D eigenvalue weighted by Gasteiger charge is 2.22. The third-order valence-corrected chi connectivity index (χ3v) is 3.19. The predicted molar refractivity (Wildman–Crippen MR) is 83.2 cm³/mol. The zero-order valence-electron chi connectivity index (χ0n) is 12.7. The van der Waals surface area contributed by atoms with Crippen molar-refractivity contribution in [3.8, 4) is 0 Å². The van der Waals surface area contributed by atoms with Gasteiger partial charge in [-0.05, 0) is 24.3 Å². The Bertz CT molecular complexity index is 491. The molecule has 1 N–H and O–H groups in total. The molecule has 2 aromatic heterocycles. The van der Waals surface area contributed by atoms with Crippen LogP contribution in [0, 0.1) is 0 Å². The van der Waals surface area contributed by atoms with Crippen molar-refractivity contribution in [3.63, 3.8) is 0 Å². The SMILES string of the molecule is ClCC1CO1.OCc1ccco1.c1coc(COCC2CO2)c1. The summed E-state index contributed by atoms with van der Waals surface area (Å²) < 4.78 is 24.8. The molecule has 2 aliphatic rings. The topological polar surface area (TPSA) is 80.8 Å². The first-order chi connectivity index (χ1) is 11.3. The highest BCUT2D eigenvalue weighted by Crippen LogP contribution is 2.10. The van der Waals surface area contributed by atoms with Crippen molar-refractivity contribution in [3.05, 3.63) is 48.3 Å². The van der Waals surface area contributed by atoms with Gasteiger partial charge in [0.15, 0.2) is 0 Å². The molecule has 128 valence electrons. The first-order valence-corrected chi connectivity index (χ1v) is 7.87. The summed E-state index contributed by atoms with van der Waals surface area (Å²) in [5, 5.41) is 8.33. The number of epoxide rings is 2. The van der Waals surface area contributed by atoms with Gasteiger partial charge in [0, 0.05) is 0 Å². The molecule has 0 bridgehead atoms. The molecule has 0 aliphatic carbocycles. The van der Waals surface area contributed by atoms with E-state index >= 15 is 0 Å². The Hall–Kier alpha value is -1.31. The number of alkyl halides is 1. The van der Waals surface area contributed by atoms with E-state index in [1.165, 1.54) is 6.26 Å². The molecule has 0 amide bonds. The van der Waals surface area contributed by atoms with Gasteiger partial charge < -0.3 is 28.2 Å². The molecule has 0 spiro atoms. The fourth-order valence-corrected chi connectivity index (χ4v) is 1.59. The molecule has 2 atom stereocenters. The number of halogens is 1. The van der Waals surface area contributed by atoms with E-state index in [1.54, 1.807) is 18.4 Å². The average Bonchev–Trinajstić information content (AvgIpc) is 3.48. The smallest absolute Gasteiger partial charge is 0.129 e. The van der Waals surface area contributed by atoms with Gasteiger partial charge in [-0.2, -0.15) is 0 Å². The van der Waals surface area contributed by atoms with Crippen LogP contribution in [0.4, 0.5) is 0 Å². The number of aliphatic hydroxyl groups is 1. The second-order valence-corrected chi connectivity index (χ2v) is 5.21. The first kappa shape index (κ1) is 18.0. The second-order valence-electron chi connectivity index (χ2n) is 4.90. The van der Waals surface area contributed by atoms with Gasteiger partial charge in [0.1, 0.15) is 30.8 Å². The molecule has 2 unspecified atom stereocenters. The first-order valence-electron chi connectivity index (χ1n) is 7.34. The number of ether oxygens (including phenoxy) is 3. The molecule has 0 aromatic carbocycles. The van der Waals surface area contributed by atoms with Crippen LogP contribution in [0.5, 0.6) is 0 Å². The minimum absolute atomic E-state index is 0.00694. The molecule has 0 saturated carbocycles. The highest BCUT2D eigenvalue weighted by atomic mass is 35.5. The molecule has 2 saturated heterocycles. The molecule has 4 rings (SSSR count). The van der Waals surface area contributed by atoms with Gasteiger partial charge in [0.25, 0.3) is 0 Å². The molecule has 6 nitrogen and oxygen atoms in total. The Balaban J connectivity index is 0.000000137. The van der Waals surface area contributed by atoms with Crippen LogP contribution in [0.3, 0.4) is 0 Å². The van der Waals surface area contributed by atoms with Crippen LogP contribution in [0.15, 0.2) is 45.6 Å². The maximum absolute atomic E-state index is 8.33. The van der Waals surface area contributed by atoms with Crippen LogP contribution in [-0.4, -0.2) is 43.0 Å². The lowest BCUT2D eigenvalue weighted by atomic mass is 10.5. The summed E-state index contributed by atoms with van der Waals surface area (Å²) >= 11 is 5.27. The molecule has 7 heteroatoms. The lowest BCUT2D eigenvalue weighted by molar-refractivity contribution is 0.0914. The lowest BCUT2D eigenvalue weighted by Gasteiger charge is -1.96. The normalized spacial score (nSPS) is 20.8. The van der Waals surface area contributed by atoms with E-state index in [-0.39, 0.29) is 6.61 Å². The Kier molecular flexibility index (Phi) is 8.20. The Morgan fingerprint density at radius 2 is 1.65 bits per heavy atom. The summed E-state index contributed by atoms with van der Waals surface area (Å²) in [6, 6.07) is 7.21. The Labute approximate surface area is 139 Å². The predicted octanol–water partition coefficient (Wildman–Crippen LogP) is 2.59. The van der Waals surface area contributed by atoms with Crippen molar-refractivity contribution in [2.24, 2.45) is 0 Å². The maximum Gasteiger partial charge on any atom is 0.129 e. The fraction of sp³-hybridized carbons (Fsp3) is 0.500. The molecule has 2 fully saturated rings. The van der Waals surface area contributed by atoms with E-state index in [0.717, 1.165) is 19.0 Å². The van der Waals surface area contributed by atoms with Crippen molar-refractivity contribution in [1.82, 2.24) is 0 Å². The van der Waals surface area contributed by atoms with Gasteiger partial charge in [0.05, 0.1) is 44.3 Å². The zero-order chi connectivity index (χ0) is 16.3. The van der Waals surface area contributed by atoms with Crippen molar-refractivity contribution >= 4 is 11.6 Å². The summed E-state index contributed by atoms with van der Waals surface area (Å²) in [6.45, 7) is 2.95. The van der Waals surface area contributed by atoms with Crippen molar-refractivity contribution in [2.75, 3.05) is 25.7 Å². The van der Waals surface area contributed by atoms with E-state index in [4.69, 9.17) is 39.8 Å². The Morgan fingerprint density at radius 1 is 1.04 bits per heavy atom. The minimum Gasteiger partial charge on any atom is -0.467 e. The van der Waals surface area contributed by atoms with Crippen LogP contribution in [0.25, 0.3) is 0 Å². The molecule has 2 aromatic rings. The summed E-state index contributed by atoms with van der Waals surface area (Å²) in [6.07, 6.45) is 3.92. The highest BCUT2D eigenvalue weighted by molar-refractivity contribution is 6.18. The standard InChI is InChI=1S/C8H10O3.C5H6O2.C3H5ClO/c1-2-7(10-3-1)4-9-5-8-6-11-8;6-4-5-2-1-3-7-5;4-1-3-2-5-3/h1-3,8H,4-6H2;1-3,6H,4H2;3H,1-2H2. The largest absolute Gasteiger partial charge is 0.467 e. The third-order valence-electron chi connectivity index (χ3n) is 2.84. The van der Waals surface area contributed by atoms with Crippen LogP contribution in [0.1, 0.15) is 11.5 Å². The molecule has 23 heavy (non-hydrogen) atoms. The summed E-state index contributed by atoms with van der Waals surface area (Å²) in [5.41, 5.74) is 0. The summed E-state index contributed by atoms with van der Waals surface area (Å²) in [4.78, 5) is 0. The summed E-state index contributed by atoms with van der Waals surface area (Å²) in [5.74, 6) is 2.14. The van der Waals surface area contributed by atoms with Crippen molar-refractivity contribution in [2.45, 2.75) is 25.4 Å². The molecular weight excluding hydrogens is 324 g/mol. The molecular formula is C16H21ClO6. The number of rotatable bonds is 6. The van der Waals surface area contributed by atoms with Crippen molar-refractivity contribution in [1.29, 1.82) is 0 Å². The average molecular weight is 345 g/mol. The molecule has 4 heterocycles. The van der Waals surface area contributed by atoms with E-state index in [0.29, 0.717) is 37.1 Å². The lowest BCUT2D eigenvalue weighted by Crippen LogP contribution is -2.00.